The van der Waals surface area contributed by atoms with Crippen molar-refractivity contribution in [3.8, 4) is 11.1 Å². The molecule has 0 aliphatic rings. The van der Waals surface area contributed by atoms with Crippen LogP contribution in [0.5, 0.6) is 0 Å². The van der Waals surface area contributed by atoms with Gasteiger partial charge >= 0.3 is 5.97 Å². The minimum absolute atomic E-state index is 0.0467. The van der Waals surface area contributed by atoms with Crippen molar-refractivity contribution >= 4 is 11.9 Å². The lowest BCUT2D eigenvalue weighted by atomic mass is 10.1. The van der Waals surface area contributed by atoms with E-state index in [1.165, 1.54) is 6.26 Å². The van der Waals surface area contributed by atoms with Crippen LogP contribution >= 0.6 is 0 Å². The summed E-state index contributed by atoms with van der Waals surface area (Å²) < 4.78 is 5.17. The zero-order valence-corrected chi connectivity index (χ0v) is 11.2. The predicted molar refractivity (Wildman–Crippen MR) is 74.7 cm³/mol. The third-order valence-electron chi connectivity index (χ3n) is 2.98. The molecule has 0 radical (unpaired) electrons. The topological polar surface area (TPSA) is 99.8 Å². The molecule has 6 heteroatoms. The number of rotatable bonds is 6. The van der Waals surface area contributed by atoms with Gasteiger partial charge in [-0.15, -0.1) is 0 Å². The van der Waals surface area contributed by atoms with Crippen LogP contribution in [0.25, 0.3) is 11.1 Å². The first-order chi connectivity index (χ1) is 10.1. The maximum absolute atomic E-state index is 12.1. The molecule has 0 saturated carbocycles. The molecule has 0 spiro atoms. The number of carbonyl (C=O) groups is 2. The van der Waals surface area contributed by atoms with Gasteiger partial charge in [-0.05, 0) is 11.6 Å². The Morgan fingerprint density at radius 3 is 2.52 bits per heavy atom. The van der Waals surface area contributed by atoms with E-state index in [1.54, 1.807) is 6.07 Å². The van der Waals surface area contributed by atoms with Crippen LogP contribution in [-0.4, -0.2) is 34.7 Å². The van der Waals surface area contributed by atoms with E-state index in [4.69, 9.17) is 14.6 Å². The zero-order chi connectivity index (χ0) is 15.2. The number of aliphatic hydroxyl groups excluding tert-OH is 1. The predicted octanol–water partition coefficient (Wildman–Crippen LogP) is 1.51. The summed E-state index contributed by atoms with van der Waals surface area (Å²) in [5.74, 6) is -1.78. The van der Waals surface area contributed by atoms with Gasteiger partial charge in [0.15, 0.2) is 5.76 Å². The molecule has 3 N–H and O–H groups in total. The second-order valence-electron chi connectivity index (χ2n) is 4.41. The number of hydrogen-bond acceptors (Lipinski definition) is 4. The Morgan fingerprint density at radius 2 is 1.90 bits per heavy atom. The second-order valence-corrected chi connectivity index (χ2v) is 4.41. The molecule has 21 heavy (non-hydrogen) atoms. The molecule has 0 unspecified atom stereocenters. The summed E-state index contributed by atoms with van der Waals surface area (Å²) in [5, 5.41) is 20.1. The van der Waals surface area contributed by atoms with E-state index < -0.39 is 17.9 Å². The summed E-state index contributed by atoms with van der Waals surface area (Å²) >= 11 is 0. The number of amides is 1. The third-order valence-corrected chi connectivity index (χ3v) is 2.98. The zero-order valence-electron chi connectivity index (χ0n) is 11.2. The lowest BCUT2D eigenvalue weighted by Gasteiger charge is -2.12. The van der Waals surface area contributed by atoms with Crippen LogP contribution in [0.2, 0.25) is 0 Å². The lowest BCUT2D eigenvalue weighted by Crippen LogP contribution is -2.41. The van der Waals surface area contributed by atoms with Crippen molar-refractivity contribution in [1.82, 2.24) is 5.32 Å². The van der Waals surface area contributed by atoms with Gasteiger partial charge < -0.3 is 19.9 Å². The number of carboxylic acids is 1. The van der Waals surface area contributed by atoms with Crippen LogP contribution in [0.1, 0.15) is 17.0 Å². The molecule has 1 amide bonds. The standard InChI is InChI=1S/C15H15NO5/c17-8-6-12(15(19)20)16-14(18)13-11(7-9-21-13)10-4-2-1-3-5-10/h1-5,7,9,12,17H,6,8H2,(H,16,18)(H,19,20)/t12-/m0/s1. The van der Waals surface area contributed by atoms with E-state index in [9.17, 15) is 9.59 Å². The van der Waals surface area contributed by atoms with Gasteiger partial charge in [0.1, 0.15) is 6.04 Å². The largest absolute Gasteiger partial charge is 0.480 e. The van der Waals surface area contributed by atoms with Gasteiger partial charge in [-0.1, -0.05) is 30.3 Å². The normalized spacial score (nSPS) is 11.9. The Hall–Kier alpha value is -2.60. The number of carbonyl (C=O) groups excluding carboxylic acids is 1. The van der Waals surface area contributed by atoms with Crippen LogP contribution < -0.4 is 5.32 Å². The molecular formula is C15H15NO5. The molecule has 0 bridgehead atoms. The van der Waals surface area contributed by atoms with Crippen LogP contribution in [-0.2, 0) is 4.79 Å². The van der Waals surface area contributed by atoms with Crippen LogP contribution in [0.15, 0.2) is 47.1 Å². The summed E-state index contributed by atoms with van der Waals surface area (Å²) in [5.41, 5.74) is 1.38. The Balaban J connectivity index is 2.21. The molecule has 2 aromatic rings. The molecule has 0 aliphatic carbocycles. The average Bonchev–Trinajstić information content (AvgIpc) is 2.97. The van der Waals surface area contributed by atoms with Gasteiger partial charge in [-0.25, -0.2) is 4.79 Å². The summed E-state index contributed by atoms with van der Waals surface area (Å²) in [6.45, 7) is -0.332. The van der Waals surface area contributed by atoms with E-state index in [2.05, 4.69) is 5.32 Å². The smallest absolute Gasteiger partial charge is 0.326 e. The van der Waals surface area contributed by atoms with Gasteiger partial charge in [0, 0.05) is 18.6 Å². The lowest BCUT2D eigenvalue weighted by molar-refractivity contribution is -0.139. The SMILES string of the molecule is O=C(N[C@@H](CCO)C(=O)O)c1occc1-c1ccccc1. The fourth-order valence-electron chi connectivity index (χ4n) is 1.94. The molecular weight excluding hydrogens is 274 g/mol. The first kappa shape index (κ1) is 14.8. The van der Waals surface area contributed by atoms with Gasteiger partial charge in [0.2, 0.25) is 0 Å². The van der Waals surface area contributed by atoms with E-state index in [-0.39, 0.29) is 18.8 Å². The van der Waals surface area contributed by atoms with E-state index in [0.717, 1.165) is 5.56 Å². The van der Waals surface area contributed by atoms with Crippen molar-refractivity contribution in [3.05, 3.63) is 48.4 Å². The average molecular weight is 289 g/mol. The first-order valence-electron chi connectivity index (χ1n) is 6.41. The highest BCUT2D eigenvalue weighted by molar-refractivity contribution is 5.99. The monoisotopic (exact) mass is 289 g/mol. The van der Waals surface area contributed by atoms with Crippen LogP contribution in [0, 0.1) is 0 Å². The van der Waals surface area contributed by atoms with E-state index >= 15 is 0 Å². The Bertz CT molecular complexity index is 620. The number of aliphatic hydroxyl groups is 1. The summed E-state index contributed by atoms with van der Waals surface area (Å²) in [6.07, 6.45) is 1.31. The highest BCUT2D eigenvalue weighted by Crippen LogP contribution is 2.24. The Labute approximate surface area is 121 Å². The molecule has 110 valence electrons. The van der Waals surface area contributed by atoms with Crippen molar-refractivity contribution in [2.75, 3.05) is 6.61 Å². The summed E-state index contributed by atoms with van der Waals surface area (Å²) in [6, 6.07) is 9.65. The first-order valence-corrected chi connectivity index (χ1v) is 6.41. The minimum atomic E-state index is -1.20. The molecule has 0 aliphatic heterocycles. The molecule has 1 atom stereocenters. The Kier molecular flexibility index (Phi) is 4.73. The number of hydrogen-bond donors (Lipinski definition) is 3. The van der Waals surface area contributed by atoms with Crippen molar-refractivity contribution in [2.45, 2.75) is 12.5 Å². The van der Waals surface area contributed by atoms with Gasteiger partial charge in [0.25, 0.3) is 5.91 Å². The molecule has 1 aromatic carbocycles. The van der Waals surface area contributed by atoms with Crippen molar-refractivity contribution in [3.63, 3.8) is 0 Å². The molecule has 2 rings (SSSR count). The quantitative estimate of drug-likeness (QED) is 0.748. The van der Waals surface area contributed by atoms with Crippen molar-refractivity contribution in [2.24, 2.45) is 0 Å². The fourth-order valence-corrected chi connectivity index (χ4v) is 1.94. The molecule has 1 aromatic heterocycles. The molecule has 1 heterocycles. The maximum Gasteiger partial charge on any atom is 0.326 e. The van der Waals surface area contributed by atoms with Gasteiger partial charge in [-0.2, -0.15) is 0 Å². The number of nitrogens with one attached hydrogen (secondary N) is 1. The highest BCUT2D eigenvalue weighted by atomic mass is 16.4. The van der Waals surface area contributed by atoms with Crippen molar-refractivity contribution in [1.29, 1.82) is 0 Å². The number of benzene rings is 1. The molecule has 0 saturated heterocycles. The fraction of sp³-hybridized carbons (Fsp3) is 0.200. The highest BCUT2D eigenvalue weighted by Gasteiger charge is 2.23. The Morgan fingerprint density at radius 1 is 1.19 bits per heavy atom. The number of furan rings is 1. The number of aliphatic carboxylic acids is 1. The number of carboxylic acid groups (broad SMARTS) is 1. The molecule has 0 fully saturated rings. The van der Waals surface area contributed by atoms with Crippen molar-refractivity contribution < 1.29 is 24.2 Å². The van der Waals surface area contributed by atoms with E-state index in [1.807, 2.05) is 30.3 Å². The minimum Gasteiger partial charge on any atom is -0.480 e. The van der Waals surface area contributed by atoms with Gasteiger partial charge in [0.05, 0.1) is 6.26 Å². The summed E-state index contributed by atoms with van der Waals surface area (Å²) in [4.78, 5) is 23.1. The molecule has 6 nitrogen and oxygen atoms in total. The van der Waals surface area contributed by atoms with Crippen LogP contribution in [0.3, 0.4) is 0 Å². The second kappa shape index (κ2) is 6.71. The van der Waals surface area contributed by atoms with Crippen LogP contribution in [0.4, 0.5) is 0 Å². The third kappa shape index (κ3) is 3.49. The van der Waals surface area contributed by atoms with E-state index in [0.29, 0.717) is 5.56 Å². The summed E-state index contributed by atoms with van der Waals surface area (Å²) in [7, 11) is 0. The maximum atomic E-state index is 12.1. The van der Waals surface area contributed by atoms with Gasteiger partial charge in [-0.3, -0.25) is 4.79 Å².